The molecule has 0 aromatic carbocycles. The van der Waals surface area contributed by atoms with Crippen LogP contribution in [0, 0.1) is 11.8 Å². The summed E-state index contributed by atoms with van der Waals surface area (Å²) in [6.45, 7) is 10.8. The van der Waals surface area contributed by atoms with Crippen LogP contribution in [0.1, 0.15) is 50.4 Å². The number of carbonyl (C=O) groups excluding carboxylic acids is 1. The molecule has 1 saturated heterocycles. The number of carbonyl (C=O) groups is 1. The molecule has 0 saturated carbocycles. The highest BCUT2D eigenvalue weighted by atomic mass is 127. The number of nitrogens with one attached hydrogen (secondary N) is 2. The Bertz CT molecular complexity index is 577. The number of guanidine groups is 1. The first-order chi connectivity index (χ1) is 12.7. The van der Waals surface area contributed by atoms with E-state index in [9.17, 15) is 4.79 Å². The molecule has 1 aromatic rings. The summed E-state index contributed by atoms with van der Waals surface area (Å²) in [5, 5.41) is 6.29. The highest BCUT2D eigenvalue weighted by molar-refractivity contribution is 14.0. The van der Waals surface area contributed by atoms with Crippen LogP contribution in [0.3, 0.4) is 0 Å². The maximum absolute atomic E-state index is 12.0. The smallest absolute Gasteiger partial charge is 0.252 e. The number of halogens is 1. The Balaban J connectivity index is 0.00000364. The second kappa shape index (κ2) is 12.9. The lowest BCUT2D eigenvalue weighted by molar-refractivity contribution is 0.0954. The minimum absolute atomic E-state index is 0. The van der Waals surface area contributed by atoms with E-state index in [4.69, 9.17) is 4.99 Å². The molecule has 6 nitrogen and oxygen atoms in total. The van der Waals surface area contributed by atoms with Crippen LogP contribution in [-0.4, -0.2) is 54.5 Å². The highest BCUT2D eigenvalue weighted by Crippen LogP contribution is 2.28. The topological polar surface area (TPSA) is 69.6 Å². The van der Waals surface area contributed by atoms with Gasteiger partial charge >= 0.3 is 0 Å². The number of hydrogen-bond acceptors (Lipinski definition) is 3. The van der Waals surface area contributed by atoms with Crippen LogP contribution >= 0.6 is 24.0 Å². The summed E-state index contributed by atoms with van der Waals surface area (Å²) in [5.41, 5.74) is 0.580. The van der Waals surface area contributed by atoms with Crippen molar-refractivity contribution in [1.29, 1.82) is 0 Å². The number of hydrogen-bond donors (Lipinski definition) is 2. The Labute approximate surface area is 180 Å². The van der Waals surface area contributed by atoms with E-state index in [0.29, 0.717) is 18.7 Å². The first kappa shape index (κ1) is 23.7. The number of likely N-dealkylation sites (tertiary alicyclic amines) is 1. The lowest BCUT2D eigenvalue weighted by Crippen LogP contribution is -2.41. The van der Waals surface area contributed by atoms with E-state index in [1.165, 1.54) is 19.3 Å². The zero-order chi connectivity index (χ0) is 18.8. The Morgan fingerprint density at radius 1 is 1.33 bits per heavy atom. The predicted molar refractivity (Wildman–Crippen MR) is 122 cm³/mol. The van der Waals surface area contributed by atoms with Crippen LogP contribution in [0.2, 0.25) is 0 Å². The van der Waals surface area contributed by atoms with Gasteiger partial charge in [-0.25, -0.2) is 0 Å². The zero-order valence-electron chi connectivity index (χ0n) is 16.8. The summed E-state index contributed by atoms with van der Waals surface area (Å²) >= 11 is 0. The fourth-order valence-corrected chi connectivity index (χ4v) is 3.68. The Kier molecular flexibility index (Phi) is 11.3. The normalized spacial score (nSPS) is 17.0. The van der Waals surface area contributed by atoms with E-state index < -0.39 is 0 Å². The quantitative estimate of drug-likeness (QED) is 0.256. The fourth-order valence-electron chi connectivity index (χ4n) is 3.68. The van der Waals surface area contributed by atoms with Gasteiger partial charge < -0.3 is 15.5 Å². The summed E-state index contributed by atoms with van der Waals surface area (Å²) in [6, 6.07) is 3.53. The number of rotatable bonds is 8. The molecule has 1 aliphatic heterocycles. The van der Waals surface area contributed by atoms with Crippen LogP contribution in [0.25, 0.3) is 0 Å². The van der Waals surface area contributed by atoms with Crippen LogP contribution in [-0.2, 0) is 0 Å². The van der Waals surface area contributed by atoms with Crippen LogP contribution in [0.4, 0.5) is 0 Å². The number of nitrogens with zero attached hydrogens (tertiary/aromatic N) is 3. The molecule has 2 N–H and O–H groups in total. The molecule has 0 aliphatic carbocycles. The summed E-state index contributed by atoms with van der Waals surface area (Å²) < 4.78 is 0. The first-order valence-electron chi connectivity index (χ1n) is 9.91. The molecule has 1 aromatic heterocycles. The van der Waals surface area contributed by atoms with Crippen molar-refractivity contribution < 1.29 is 4.79 Å². The largest absolute Gasteiger partial charge is 0.357 e. The van der Waals surface area contributed by atoms with Gasteiger partial charge in [-0.3, -0.25) is 14.8 Å². The molecule has 1 aliphatic rings. The summed E-state index contributed by atoms with van der Waals surface area (Å²) in [5.74, 6) is 2.44. The van der Waals surface area contributed by atoms with Gasteiger partial charge in [-0.1, -0.05) is 26.7 Å². The maximum atomic E-state index is 12.0. The summed E-state index contributed by atoms with van der Waals surface area (Å²) in [6.07, 6.45) is 6.99. The van der Waals surface area contributed by atoms with Gasteiger partial charge in [0.15, 0.2) is 5.96 Å². The number of pyridine rings is 1. The molecule has 152 valence electrons. The van der Waals surface area contributed by atoms with Gasteiger partial charge in [0.05, 0.1) is 12.1 Å². The second-order valence-electron chi connectivity index (χ2n) is 6.80. The molecule has 2 heterocycles. The van der Waals surface area contributed by atoms with Crippen molar-refractivity contribution in [3.05, 3.63) is 30.1 Å². The fraction of sp³-hybridized carbons (Fsp3) is 0.650. The monoisotopic (exact) mass is 487 g/mol. The van der Waals surface area contributed by atoms with Gasteiger partial charge in [-0.05, 0) is 37.3 Å². The van der Waals surface area contributed by atoms with Crippen molar-refractivity contribution in [3.63, 3.8) is 0 Å². The number of amides is 1. The molecule has 7 heteroatoms. The van der Waals surface area contributed by atoms with Gasteiger partial charge in [-0.15, -0.1) is 24.0 Å². The van der Waals surface area contributed by atoms with Crippen molar-refractivity contribution in [3.8, 4) is 0 Å². The summed E-state index contributed by atoms with van der Waals surface area (Å²) in [7, 11) is 0. The second-order valence-corrected chi connectivity index (χ2v) is 6.80. The van der Waals surface area contributed by atoms with E-state index in [1.54, 1.807) is 24.5 Å². The zero-order valence-corrected chi connectivity index (χ0v) is 19.1. The molecule has 1 atom stereocenters. The van der Waals surface area contributed by atoms with Gasteiger partial charge in [0.1, 0.15) is 0 Å². The molecule has 27 heavy (non-hydrogen) atoms. The highest BCUT2D eigenvalue weighted by Gasteiger charge is 2.29. The third-order valence-electron chi connectivity index (χ3n) is 5.16. The van der Waals surface area contributed by atoms with Crippen molar-refractivity contribution in [2.75, 3.05) is 32.7 Å². The van der Waals surface area contributed by atoms with E-state index >= 15 is 0 Å². The third-order valence-corrected chi connectivity index (χ3v) is 5.16. The van der Waals surface area contributed by atoms with E-state index in [1.807, 2.05) is 0 Å². The third kappa shape index (κ3) is 7.27. The first-order valence-corrected chi connectivity index (χ1v) is 9.91. The van der Waals surface area contributed by atoms with Crippen molar-refractivity contribution in [1.82, 2.24) is 20.5 Å². The predicted octanol–water partition coefficient (Wildman–Crippen LogP) is 3.15. The molecular weight excluding hydrogens is 453 g/mol. The molecular formula is C20H34IN5O. The maximum Gasteiger partial charge on any atom is 0.252 e. The lowest BCUT2D eigenvalue weighted by atomic mass is 9.87. The SMILES string of the molecule is CCNC(=NCCNC(=O)c1cccnc1)N1CCC(C(CC)CC)C1.I. The van der Waals surface area contributed by atoms with Crippen LogP contribution < -0.4 is 10.6 Å². The van der Waals surface area contributed by atoms with Gasteiger partial charge in [0.25, 0.3) is 5.91 Å². The van der Waals surface area contributed by atoms with Gasteiger partial charge in [-0.2, -0.15) is 0 Å². The molecule has 1 fully saturated rings. The average molecular weight is 487 g/mol. The average Bonchev–Trinajstić information content (AvgIpc) is 3.15. The van der Waals surface area contributed by atoms with Crippen molar-refractivity contribution >= 4 is 35.8 Å². The minimum Gasteiger partial charge on any atom is -0.357 e. The molecule has 1 amide bonds. The molecule has 0 radical (unpaired) electrons. The molecule has 0 bridgehead atoms. The Morgan fingerprint density at radius 2 is 2.11 bits per heavy atom. The Hall–Kier alpha value is -1.38. The number of aliphatic imine (C=N–C) groups is 1. The minimum atomic E-state index is -0.103. The van der Waals surface area contributed by atoms with Crippen LogP contribution in [0.5, 0.6) is 0 Å². The molecule has 2 rings (SSSR count). The van der Waals surface area contributed by atoms with E-state index in [2.05, 4.69) is 41.3 Å². The standard InChI is InChI=1S/C20H33N5O.HI/c1-4-16(5-2)18-9-13-25(15-18)20(22-6-3)24-12-11-23-19(26)17-8-7-10-21-14-17;/h7-8,10,14,16,18H,4-6,9,11-13,15H2,1-3H3,(H,22,24)(H,23,26);1H. The van der Waals surface area contributed by atoms with Gasteiger partial charge in [0, 0.05) is 38.6 Å². The Morgan fingerprint density at radius 3 is 2.74 bits per heavy atom. The van der Waals surface area contributed by atoms with E-state index in [0.717, 1.165) is 37.4 Å². The molecule has 1 unspecified atom stereocenters. The lowest BCUT2D eigenvalue weighted by Gasteiger charge is -2.24. The summed E-state index contributed by atoms with van der Waals surface area (Å²) in [4.78, 5) is 23.1. The van der Waals surface area contributed by atoms with Crippen molar-refractivity contribution in [2.24, 2.45) is 16.8 Å². The van der Waals surface area contributed by atoms with Crippen LogP contribution in [0.15, 0.2) is 29.5 Å². The van der Waals surface area contributed by atoms with Gasteiger partial charge in [0.2, 0.25) is 0 Å². The van der Waals surface area contributed by atoms with E-state index in [-0.39, 0.29) is 29.9 Å². The van der Waals surface area contributed by atoms with Crippen molar-refractivity contribution in [2.45, 2.75) is 40.0 Å². The molecule has 0 spiro atoms. The number of aromatic nitrogens is 1.